The standard InChI is InChI=1S/C11H18BrNO3S2/c1-5-13(7-11(3,4)14)18(15,16)9-6-10(12)17-8(9)2/h6,14H,5,7H2,1-4H3. The third kappa shape index (κ3) is 3.77. The number of hydrogen-bond donors (Lipinski definition) is 1. The summed E-state index contributed by atoms with van der Waals surface area (Å²) < 4.78 is 27.0. The summed E-state index contributed by atoms with van der Waals surface area (Å²) in [5.74, 6) is 0. The third-order valence-corrected chi connectivity index (χ3v) is 6.11. The number of rotatable bonds is 5. The topological polar surface area (TPSA) is 57.6 Å². The van der Waals surface area contributed by atoms with Crippen LogP contribution in [0.25, 0.3) is 0 Å². The van der Waals surface area contributed by atoms with Crippen molar-refractivity contribution in [2.24, 2.45) is 0 Å². The van der Waals surface area contributed by atoms with Crippen LogP contribution in [0.1, 0.15) is 25.6 Å². The van der Waals surface area contributed by atoms with E-state index in [1.807, 2.05) is 0 Å². The van der Waals surface area contributed by atoms with Crippen LogP contribution in [-0.2, 0) is 10.0 Å². The minimum atomic E-state index is -3.54. The number of thiophene rings is 1. The Morgan fingerprint density at radius 2 is 2.06 bits per heavy atom. The molecule has 0 spiro atoms. The van der Waals surface area contributed by atoms with Gasteiger partial charge in [0.25, 0.3) is 0 Å². The van der Waals surface area contributed by atoms with Gasteiger partial charge in [0.05, 0.1) is 14.3 Å². The van der Waals surface area contributed by atoms with Gasteiger partial charge >= 0.3 is 0 Å². The lowest BCUT2D eigenvalue weighted by molar-refractivity contribution is 0.0601. The van der Waals surface area contributed by atoms with E-state index in [9.17, 15) is 13.5 Å². The van der Waals surface area contributed by atoms with E-state index in [-0.39, 0.29) is 6.54 Å². The number of likely N-dealkylation sites (N-methyl/N-ethyl adjacent to an activating group) is 1. The summed E-state index contributed by atoms with van der Waals surface area (Å²) in [7, 11) is -3.54. The van der Waals surface area contributed by atoms with Crippen LogP contribution in [0.4, 0.5) is 0 Å². The molecule has 0 radical (unpaired) electrons. The summed E-state index contributed by atoms with van der Waals surface area (Å²) in [5.41, 5.74) is -1.05. The molecule has 0 aliphatic rings. The van der Waals surface area contributed by atoms with E-state index in [0.717, 1.165) is 8.66 Å². The first kappa shape index (κ1) is 16.1. The highest BCUT2D eigenvalue weighted by molar-refractivity contribution is 9.11. The molecule has 1 aromatic heterocycles. The van der Waals surface area contributed by atoms with Crippen molar-refractivity contribution in [3.05, 3.63) is 14.7 Å². The van der Waals surface area contributed by atoms with Gasteiger partial charge < -0.3 is 5.11 Å². The average molecular weight is 356 g/mol. The zero-order valence-electron chi connectivity index (χ0n) is 10.9. The minimum Gasteiger partial charge on any atom is -0.389 e. The SMILES string of the molecule is CCN(CC(C)(C)O)S(=O)(=O)c1cc(Br)sc1C. The van der Waals surface area contributed by atoms with Gasteiger partial charge in [-0.1, -0.05) is 6.92 Å². The molecule has 0 saturated heterocycles. The van der Waals surface area contributed by atoms with Crippen LogP contribution in [0.2, 0.25) is 0 Å². The molecule has 0 aliphatic carbocycles. The zero-order chi connectivity index (χ0) is 14.1. The predicted molar refractivity (Wildman–Crippen MR) is 77.5 cm³/mol. The summed E-state index contributed by atoms with van der Waals surface area (Å²) in [5, 5.41) is 9.79. The Kier molecular flexibility index (Phi) is 4.99. The lowest BCUT2D eigenvalue weighted by Crippen LogP contribution is -2.42. The van der Waals surface area contributed by atoms with E-state index >= 15 is 0 Å². The van der Waals surface area contributed by atoms with Crippen LogP contribution < -0.4 is 0 Å². The van der Waals surface area contributed by atoms with Crippen molar-refractivity contribution in [3.8, 4) is 0 Å². The maximum atomic E-state index is 12.5. The third-order valence-electron chi connectivity index (χ3n) is 2.38. The highest BCUT2D eigenvalue weighted by Gasteiger charge is 2.30. The molecule has 7 heteroatoms. The lowest BCUT2D eigenvalue weighted by atomic mass is 10.1. The second-order valence-electron chi connectivity index (χ2n) is 4.71. The molecule has 18 heavy (non-hydrogen) atoms. The van der Waals surface area contributed by atoms with Crippen molar-refractivity contribution in [1.29, 1.82) is 0 Å². The van der Waals surface area contributed by atoms with Gasteiger partial charge in [0.2, 0.25) is 10.0 Å². The zero-order valence-corrected chi connectivity index (χ0v) is 14.1. The molecule has 1 N–H and O–H groups in total. The second kappa shape index (κ2) is 5.58. The van der Waals surface area contributed by atoms with Crippen LogP contribution in [-0.4, -0.2) is 36.5 Å². The summed E-state index contributed by atoms with van der Waals surface area (Å²) in [6, 6.07) is 1.61. The monoisotopic (exact) mass is 355 g/mol. The maximum Gasteiger partial charge on any atom is 0.244 e. The van der Waals surface area contributed by atoms with Gasteiger partial charge in [-0.15, -0.1) is 11.3 Å². The molecule has 1 heterocycles. The predicted octanol–water partition coefficient (Wildman–Crippen LogP) is 2.60. The van der Waals surface area contributed by atoms with Crippen molar-refractivity contribution < 1.29 is 13.5 Å². The molecule has 1 aromatic rings. The molecule has 4 nitrogen and oxygen atoms in total. The first-order valence-corrected chi connectivity index (χ1v) is 8.61. The molecule has 0 unspecified atom stereocenters. The molecule has 0 atom stereocenters. The minimum absolute atomic E-state index is 0.0821. The van der Waals surface area contributed by atoms with Gasteiger partial charge in [-0.2, -0.15) is 4.31 Å². The molecule has 0 amide bonds. The molecule has 1 rings (SSSR count). The summed E-state index contributed by atoms with van der Waals surface area (Å²) >= 11 is 4.68. The van der Waals surface area contributed by atoms with Crippen LogP contribution in [0.5, 0.6) is 0 Å². The Balaban J connectivity index is 3.15. The smallest absolute Gasteiger partial charge is 0.244 e. The summed E-state index contributed by atoms with van der Waals surface area (Å²) in [6.45, 7) is 7.15. The van der Waals surface area contributed by atoms with Gasteiger partial charge in [0, 0.05) is 18.0 Å². The molecular weight excluding hydrogens is 338 g/mol. The Morgan fingerprint density at radius 3 is 2.39 bits per heavy atom. The van der Waals surface area contributed by atoms with Gasteiger partial charge in [-0.05, 0) is 42.8 Å². The highest BCUT2D eigenvalue weighted by atomic mass is 79.9. The fourth-order valence-electron chi connectivity index (χ4n) is 1.62. The van der Waals surface area contributed by atoms with E-state index in [0.29, 0.717) is 11.4 Å². The van der Waals surface area contributed by atoms with Crippen LogP contribution in [0.15, 0.2) is 14.7 Å². The quantitative estimate of drug-likeness (QED) is 0.882. The number of halogens is 1. The van der Waals surface area contributed by atoms with Crippen LogP contribution in [0, 0.1) is 6.92 Å². The molecule has 104 valence electrons. The van der Waals surface area contributed by atoms with E-state index in [4.69, 9.17) is 0 Å². The Hall–Kier alpha value is 0.0500. The van der Waals surface area contributed by atoms with E-state index in [1.165, 1.54) is 15.6 Å². The second-order valence-corrected chi connectivity index (χ2v) is 9.26. The first-order valence-electron chi connectivity index (χ1n) is 5.56. The van der Waals surface area contributed by atoms with Crippen molar-refractivity contribution in [2.45, 2.75) is 38.2 Å². The molecular formula is C11H18BrNO3S2. The largest absolute Gasteiger partial charge is 0.389 e. The van der Waals surface area contributed by atoms with Crippen molar-refractivity contribution >= 4 is 37.3 Å². The Bertz CT molecular complexity index is 517. The van der Waals surface area contributed by atoms with E-state index in [1.54, 1.807) is 33.8 Å². The lowest BCUT2D eigenvalue weighted by Gasteiger charge is -2.27. The highest BCUT2D eigenvalue weighted by Crippen LogP contribution is 2.31. The number of aliphatic hydroxyl groups is 1. The Labute approximate surface area is 121 Å². The van der Waals surface area contributed by atoms with Crippen LogP contribution in [0.3, 0.4) is 0 Å². The summed E-state index contributed by atoms with van der Waals surface area (Å²) in [6.07, 6.45) is 0. The first-order chi connectivity index (χ1) is 8.08. The van der Waals surface area contributed by atoms with Gasteiger partial charge in [0.15, 0.2) is 0 Å². The number of aryl methyl sites for hydroxylation is 1. The van der Waals surface area contributed by atoms with Gasteiger partial charge in [-0.25, -0.2) is 8.42 Å². The van der Waals surface area contributed by atoms with E-state index in [2.05, 4.69) is 15.9 Å². The van der Waals surface area contributed by atoms with Gasteiger partial charge in [0.1, 0.15) is 0 Å². The maximum absolute atomic E-state index is 12.5. The van der Waals surface area contributed by atoms with Crippen molar-refractivity contribution in [3.63, 3.8) is 0 Å². The molecule has 0 saturated carbocycles. The number of hydrogen-bond acceptors (Lipinski definition) is 4. The normalized spacial score (nSPS) is 13.3. The van der Waals surface area contributed by atoms with Crippen molar-refractivity contribution in [2.75, 3.05) is 13.1 Å². The fraction of sp³-hybridized carbons (Fsp3) is 0.636. The molecule has 0 aliphatic heterocycles. The number of nitrogens with zero attached hydrogens (tertiary/aromatic N) is 1. The van der Waals surface area contributed by atoms with E-state index < -0.39 is 15.6 Å². The van der Waals surface area contributed by atoms with Crippen molar-refractivity contribution in [1.82, 2.24) is 4.31 Å². The summed E-state index contributed by atoms with van der Waals surface area (Å²) in [4.78, 5) is 1.06. The molecule has 0 bridgehead atoms. The average Bonchev–Trinajstić information content (AvgIpc) is 2.53. The number of sulfonamides is 1. The molecule has 0 fully saturated rings. The van der Waals surface area contributed by atoms with Crippen LogP contribution >= 0.6 is 27.3 Å². The molecule has 0 aromatic carbocycles. The fourth-order valence-corrected chi connectivity index (χ4v) is 5.61. The Morgan fingerprint density at radius 1 is 1.50 bits per heavy atom. The van der Waals surface area contributed by atoms with Gasteiger partial charge in [-0.3, -0.25) is 0 Å².